The molecule has 0 unspecified atom stereocenters. The standard InChI is InChI=1S/C16H21ClN2O2/c17-13-4-1-3-12(11-13)16(21)19-9-7-18(8-10-19)14-5-2-6-15(14)20/h1,3-4,11,14-15,20H,2,5-10H2/t14-,15-/m1/s1. The van der Waals surface area contributed by atoms with E-state index >= 15 is 0 Å². The highest BCUT2D eigenvalue weighted by atomic mass is 35.5. The summed E-state index contributed by atoms with van der Waals surface area (Å²) in [5.74, 6) is 0.0455. The minimum Gasteiger partial charge on any atom is -0.391 e. The van der Waals surface area contributed by atoms with E-state index in [-0.39, 0.29) is 18.1 Å². The van der Waals surface area contributed by atoms with Crippen molar-refractivity contribution in [1.29, 1.82) is 0 Å². The number of hydrogen-bond donors (Lipinski definition) is 1. The van der Waals surface area contributed by atoms with Crippen LogP contribution < -0.4 is 0 Å². The summed E-state index contributed by atoms with van der Waals surface area (Å²) in [7, 11) is 0. The molecule has 21 heavy (non-hydrogen) atoms. The van der Waals surface area contributed by atoms with Crippen molar-refractivity contribution < 1.29 is 9.90 Å². The van der Waals surface area contributed by atoms with E-state index in [0.717, 1.165) is 32.4 Å². The molecule has 1 saturated carbocycles. The summed E-state index contributed by atoms with van der Waals surface area (Å²) in [6.07, 6.45) is 2.89. The van der Waals surface area contributed by atoms with Crippen LogP contribution in [0.2, 0.25) is 5.02 Å². The Morgan fingerprint density at radius 2 is 1.95 bits per heavy atom. The predicted octanol–water partition coefficient (Wildman–Crippen LogP) is 2.01. The molecule has 1 heterocycles. The van der Waals surface area contributed by atoms with Crippen LogP contribution in [0.1, 0.15) is 29.6 Å². The SMILES string of the molecule is O=C(c1cccc(Cl)c1)N1CCN([C@@H]2CCC[C@H]2O)CC1. The summed E-state index contributed by atoms with van der Waals surface area (Å²) >= 11 is 5.95. The van der Waals surface area contributed by atoms with Crippen molar-refractivity contribution in [3.05, 3.63) is 34.9 Å². The van der Waals surface area contributed by atoms with Crippen LogP contribution in [-0.4, -0.2) is 59.1 Å². The number of nitrogens with zero attached hydrogens (tertiary/aromatic N) is 2. The van der Waals surface area contributed by atoms with Gasteiger partial charge in [-0.2, -0.15) is 0 Å². The minimum absolute atomic E-state index is 0.0455. The van der Waals surface area contributed by atoms with Crippen molar-refractivity contribution in [2.24, 2.45) is 0 Å². The average Bonchev–Trinajstić information content (AvgIpc) is 2.93. The van der Waals surface area contributed by atoms with Crippen LogP contribution in [0.25, 0.3) is 0 Å². The molecule has 1 amide bonds. The molecule has 1 saturated heterocycles. The average molecular weight is 309 g/mol. The first-order valence-electron chi connectivity index (χ1n) is 7.62. The third-order valence-electron chi connectivity index (χ3n) is 4.59. The maximum atomic E-state index is 12.4. The number of rotatable bonds is 2. The zero-order chi connectivity index (χ0) is 14.8. The van der Waals surface area contributed by atoms with E-state index in [9.17, 15) is 9.90 Å². The van der Waals surface area contributed by atoms with Crippen molar-refractivity contribution >= 4 is 17.5 Å². The van der Waals surface area contributed by atoms with Gasteiger partial charge >= 0.3 is 0 Å². The molecule has 0 spiro atoms. The highest BCUT2D eigenvalue weighted by molar-refractivity contribution is 6.30. The van der Waals surface area contributed by atoms with Crippen LogP contribution >= 0.6 is 11.6 Å². The molecule has 2 fully saturated rings. The Labute approximate surface area is 130 Å². The normalized spacial score (nSPS) is 27.0. The van der Waals surface area contributed by atoms with Crippen molar-refractivity contribution in [3.8, 4) is 0 Å². The Hall–Kier alpha value is -1.10. The van der Waals surface area contributed by atoms with Crippen molar-refractivity contribution in [2.75, 3.05) is 26.2 Å². The summed E-state index contributed by atoms with van der Waals surface area (Å²) in [6.45, 7) is 3.12. The molecule has 1 aromatic rings. The molecule has 4 nitrogen and oxygen atoms in total. The summed E-state index contributed by atoms with van der Waals surface area (Å²) in [5, 5.41) is 10.6. The van der Waals surface area contributed by atoms with E-state index in [2.05, 4.69) is 4.90 Å². The van der Waals surface area contributed by atoms with Gasteiger partial charge in [-0.25, -0.2) is 0 Å². The summed E-state index contributed by atoms with van der Waals surface area (Å²) in [4.78, 5) is 16.7. The molecule has 3 rings (SSSR count). The topological polar surface area (TPSA) is 43.8 Å². The van der Waals surface area contributed by atoms with Crippen LogP contribution in [0.15, 0.2) is 24.3 Å². The number of benzene rings is 1. The van der Waals surface area contributed by atoms with Crippen LogP contribution in [0.3, 0.4) is 0 Å². The van der Waals surface area contributed by atoms with Crippen LogP contribution in [-0.2, 0) is 0 Å². The van der Waals surface area contributed by atoms with Crippen LogP contribution in [0, 0.1) is 0 Å². The third-order valence-corrected chi connectivity index (χ3v) is 4.82. The molecule has 1 aliphatic carbocycles. The zero-order valence-electron chi connectivity index (χ0n) is 12.0. The van der Waals surface area contributed by atoms with E-state index in [0.29, 0.717) is 23.7 Å². The van der Waals surface area contributed by atoms with Gasteiger partial charge in [0.1, 0.15) is 0 Å². The summed E-state index contributed by atoms with van der Waals surface area (Å²) in [6, 6.07) is 7.39. The Morgan fingerprint density at radius 1 is 1.19 bits per heavy atom. The Balaban J connectivity index is 1.59. The molecule has 0 aromatic heterocycles. The van der Waals surface area contributed by atoms with Gasteiger partial charge in [-0.05, 0) is 37.5 Å². The summed E-state index contributed by atoms with van der Waals surface area (Å²) in [5.41, 5.74) is 0.650. The second-order valence-corrected chi connectivity index (χ2v) is 6.34. The lowest BCUT2D eigenvalue weighted by molar-refractivity contribution is 0.0315. The fourth-order valence-corrected chi connectivity index (χ4v) is 3.60. The molecule has 0 radical (unpaired) electrons. The van der Waals surface area contributed by atoms with Gasteiger partial charge in [-0.3, -0.25) is 9.69 Å². The number of halogens is 1. The molecule has 2 aliphatic rings. The number of carbonyl (C=O) groups is 1. The summed E-state index contributed by atoms with van der Waals surface area (Å²) < 4.78 is 0. The number of hydrogen-bond acceptors (Lipinski definition) is 3. The fraction of sp³-hybridized carbons (Fsp3) is 0.562. The number of carbonyl (C=O) groups excluding carboxylic acids is 1. The van der Waals surface area contributed by atoms with E-state index in [4.69, 9.17) is 11.6 Å². The third kappa shape index (κ3) is 3.23. The van der Waals surface area contributed by atoms with E-state index in [1.807, 2.05) is 4.90 Å². The number of aliphatic hydroxyl groups is 1. The first-order chi connectivity index (χ1) is 10.1. The second kappa shape index (κ2) is 6.34. The highest BCUT2D eigenvalue weighted by Gasteiger charge is 2.33. The van der Waals surface area contributed by atoms with Gasteiger partial charge in [-0.15, -0.1) is 0 Å². The molecule has 1 aromatic carbocycles. The minimum atomic E-state index is -0.194. The lowest BCUT2D eigenvalue weighted by atomic mass is 10.1. The molecular weight excluding hydrogens is 288 g/mol. The second-order valence-electron chi connectivity index (χ2n) is 5.90. The van der Waals surface area contributed by atoms with Crippen molar-refractivity contribution in [2.45, 2.75) is 31.4 Å². The molecular formula is C16H21ClN2O2. The molecule has 0 bridgehead atoms. The fourth-order valence-electron chi connectivity index (χ4n) is 3.41. The Kier molecular flexibility index (Phi) is 4.48. The molecule has 2 atom stereocenters. The molecule has 114 valence electrons. The van der Waals surface area contributed by atoms with Crippen LogP contribution in [0.4, 0.5) is 0 Å². The van der Waals surface area contributed by atoms with E-state index in [1.54, 1.807) is 24.3 Å². The van der Waals surface area contributed by atoms with E-state index < -0.39 is 0 Å². The maximum absolute atomic E-state index is 12.4. The van der Waals surface area contributed by atoms with Gasteiger partial charge in [0, 0.05) is 42.8 Å². The monoisotopic (exact) mass is 308 g/mol. The smallest absolute Gasteiger partial charge is 0.253 e. The van der Waals surface area contributed by atoms with Gasteiger partial charge in [-0.1, -0.05) is 17.7 Å². The van der Waals surface area contributed by atoms with Gasteiger partial charge in [0.05, 0.1) is 6.10 Å². The van der Waals surface area contributed by atoms with Gasteiger partial charge in [0.15, 0.2) is 0 Å². The van der Waals surface area contributed by atoms with E-state index in [1.165, 1.54) is 0 Å². The van der Waals surface area contributed by atoms with Gasteiger partial charge in [0.25, 0.3) is 5.91 Å². The van der Waals surface area contributed by atoms with Gasteiger partial charge in [0.2, 0.25) is 0 Å². The zero-order valence-corrected chi connectivity index (χ0v) is 12.8. The predicted molar refractivity (Wildman–Crippen MR) is 82.6 cm³/mol. The Morgan fingerprint density at radius 3 is 2.57 bits per heavy atom. The largest absolute Gasteiger partial charge is 0.391 e. The molecule has 1 aliphatic heterocycles. The molecule has 5 heteroatoms. The quantitative estimate of drug-likeness (QED) is 0.909. The lowest BCUT2D eigenvalue weighted by Gasteiger charge is -2.39. The van der Waals surface area contributed by atoms with Crippen molar-refractivity contribution in [3.63, 3.8) is 0 Å². The number of amides is 1. The number of piperazine rings is 1. The highest BCUT2D eigenvalue weighted by Crippen LogP contribution is 2.25. The first-order valence-corrected chi connectivity index (χ1v) is 8.00. The first kappa shape index (κ1) is 14.8. The van der Waals surface area contributed by atoms with Gasteiger partial charge < -0.3 is 10.0 Å². The molecule has 1 N–H and O–H groups in total. The lowest BCUT2D eigenvalue weighted by Crippen LogP contribution is -2.53. The van der Waals surface area contributed by atoms with Crippen molar-refractivity contribution in [1.82, 2.24) is 9.80 Å². The number of aliphatic hydroxyl groups excluding tert-OH is 1. The maximum Gasteiger partial charge on any atom is 0.253 e. The Bertz CT molecular complexity index is 515. The van der Waals surface area contributed by atoms with Crippen LogP contribution in [0.5, 0.6) is 0 Å².